The van der Waals surface area contributed by atoms with E-state index in [1.54, 1.807) is 12.1 Å². The average Bonchev–Trinajstić information content (AvgIpc) is 2.39. The van der Waals surface area contributed by atoms with Crippen LogP contribution in [0.3, 0.4) is 0 Å². The Morgan fingerprint density at radius 2 is 1.78 bits per heavy atom. The zero-order valence-corrected chi connectivity index (χ0v) is 11.0. The van der Waals surface area contributed by atoms with Gasteiger partial charge in [0.25, 0.3) is 5.91 Å². The minimum absolute atomic E-state index is 0.108. The first-order valence-corrected chi connectivity index (χ1v) is 6.53. The van der Waals surface area contributed by atoms with Crippen LogP contribution in [0.5, 0.6) is 0 Å². The van der Waals surface area contributed by atoms with E-state index in [0.29, 0.717) is 5.56 Å². The Morgan fingerprint density at radius 1 is 1.17 bits per heavy atom. The quantitative estimate of drug-likeness (QED) is 0.801. The van der Waals surface area contributed by atoms with Gasteiger partial charge in [-0.3, -0.25) is 4.79 Å². The summed E-state index contributed by atoms with van der Waals surface area (Å²) in [4.78, 5) is 14.1. The molecule has 1 aromatic carbocycles. The number of rotatable bonds is 2. The molecule has 0 aromatic heterocycles. The van der Waals surface area contributed by atoms with Crippen molar-refractivity contribution in [3.8, 4) is 0 Å². The second-order valence-electron chi connectivity index (χ2n) is 4.42. The lowest BCUT2D eigenvalue weighted by Crippen LogP contribution is -2.35. The smallest absolute Gasteiger partial charge is 0.253 e. The van der Waals surface area contributed by atoms with Crippen molar-refractivity contribution in [2.75, 3.05) is 18.4 Å². The summed E-state index contributed by atoms with van der Waals surface area (Å²) in [6, 6.07) is 7.24. The molecule has 0 radical (unpaired) electrons. The number of anilines is 1. The Balaban J connectivity index is 2.04. The van der Waals surface area contributed by atoms with Crippen LogP contribution in [0, 0.1) is 0 Å². The Hall–Kier alpha value is -1.62. The summed E-state index contributed by atoms with van der Waals surface area (Å²) in [6.07, 6.45) is 3.43. The first-order chi connectivity index (χ1) is 8.66. The van der Waals surface area contributed by atoms with Crippen LogP contribution in [0.4, 0.5) is 5.69 Å². The molecule has 1 saturated heterocycles. The molecule has 18 heavy (non-hydrogen) atoms. The molecule has 1 fully saturated rings. The predicted molar refractivity (Wildman–Crippen MR) is 76.6 cm³/mol. The minimum atomic E-state index is 0.108. The highest BCUT2D eigenvalue weighted by Crippen LogP contribution is 2.15. The number of nitrogens with two attached hydrogens (primary N) is 1. The summed E-state index contributed by atoms with van der Waals surface area (Å²) in [5, 5.41) is 3.06. The van der Waals surface area contributed by atoms with Gasteiger partial charge in [-0.15, -0.1) is 0 Å². The molecule has 1 aromatic rings. The number of nitrogens with one attached hydrogen (secondary N) is 1. The lowest BCUT2D eigenvalue weighted by molar-refractivity contribution is 0.0724. The van der Waals surface area contributed by atoms with Gasteiger partial charge in [0.1, 0.15) is 0 Å². The molecule has 5 heteroatoms. The number of carbonyl (C=O) groups excluding carboxylic acids is 1. The van der Waals surface area contributed by atoms with Crippen molar-refractivity contribution in [3.63, 3.8) is 0 Å². The summed E-state index contributed by atoms with van der Waals surface area (Å²) in [7, 11) is 0. The third kappa shape index (κ3) is 3.20. The molecule has 0 aliphatic carbocycles. The van der Waals surface area contributed by atoms with E-state index in [1.165, 1.54) is 6.42 Å². The van der Waals surface area contributed by atoms with Gasteiger partial charge in [-0.2, -0.15) is 0 Å². The summed E-state index contributed by atoms with van der Waals surface area (Å²) >= 11 is 4.76. The highest BCUT2D eigenvalue weighted by Gasteiger charge is 2.17. The van der Waals surface area contributed by atoms with Gasteiger partial charge >= 0.3 is 0 Å². The van der Waals surface area contributed by atoms with Crippen LogP contribution in [0.25, 0.3) is 0 Å². The number of piperidine rings is 1. The monoisotopic (exact) mass is 263 g/mol. The fraction of sp³-hybridized carbons (Fsp3) is 0.385. The van der Waals surface area contributed by atoms with Crippen LogP contribution in [0.1, 0.15) is 29.6 Å². The van der Waals surface area contributed by atoms with E-state index in [0.717, 1.165) is 31.6 Å². The van der Waals surface area contributed by atoms with Gasteiger partial charge in [0.2, 0.25) is 0 Å². The van der Waals surface area contributed by atoms with Crippen molar-refractivity contribution in [1.82, 2.24) is 4.90 Å². The van der Waals surface area contributed by atoms with Gasteiger partial charge in [-0.05, 0) is 55.7 Å². The average molecular weight is 263 g/mol. The lowest BCUT2D eigenvalue weighted by Gasteiger charge is -2.26. The molecular weight excluding hydrogens is 246 g/mol. The summed E-state index contributed by atoms with van der Waals surface area (Å²) < 4.78 is 0. The van der Waals surface area contributed by atoms with E-state index in [-0.39, 0.29) is 11.0 Å². The first-order valence-electron chi connectivity index (χ1n) is 6.12. The van der Waals surface area contributed by atoms with E-state index >= 15 is 0 Å². The van der Waals surface area contributed by atoms with E-state index in [4.69, 9.17) is 18.0 Å². The standard InChI is InChI=1S/C13H17N3OS/c14-13(18)15-11-6-4-10(5-7-11)12(17)16-8-2-1-3-9-16/h4-7H,1-3,8-9H2,(H3,14,15,18). The third-order valence-corrected chi connectivity index (χ3v) is 3.14. The minimum Gasteiger partial charge on any atom is -0.376 e. The lowest BCUT2D eigenvalue weighted by atomic mass is 10.1. The topological polar surface area (TPSA) is 58.4 Å². The number of thiocarbonyl (C=S) groups is 1. The van der Waals surface area contributed by atoms with Crippen molar-refractivity contribution >= 4 is 28.9 Å². The molecule has 96 valence electrons. The molecule has 1 amide bonds. The molecular formula is C13H17N3OS. The Morgan fingerprint density at radius 3 is 2.33 bits per heavy atom. The number of hydrogen-bond donors (Lipinski definition) is 2. The van der Waals surface area contributed by atoms with E-state index in [1.807, 2.05) is 17.0 Å². The molecule has 0 unspecified atom stereocenters. The maximum absolute atomic E-state index is 12.2. The molecule has 3 N–H and O–H groups in total. The van der Waals surface area contributed by atoms with Crippen LogP contribution < -0.4 is 11.1 Å². The highest BCUT2D eigenvalue weighted by molar-refractivity contribution is 7.80. The van der Waals surface area contributed by atoms with E-state index < -0.39 is 0 Å². The number of benzene rings is 1. The summed E-state index contributed by atoms with van der Waals surface area (Å²) in [5.74, 6) is 0.108. The molecule has 0 saturated carbocycles. The third-order valence-electron chi connectivity index (χ3n) is 3.04. The summed E-state index contributed by atoms with van der Waals surface area (Å²) in [6.45, 7) is 1.73. The molecule has 0 bridgehead atoms. The van der Waals surface area contributed by atoms with Crippen LogP contribution >= 0.6 is 12.2 Å². The fourth-order valence-electron chi connectivity index (χ4n) is 2.12. The van der Waals surface area contributed by atoms with Gasteiger partial charge in [0, 0.05) is 24.3 Å². The molecule has 0 spiro atoms. The molecule has 4 nitrogen and oxygen atoms in total. The fourth-order valence-corrected chi connectivity index (χ4v) is 2.24. The molecule has 0 atom stereocenters. The van der Waals surface area contributed by atoms with Crippen molar-refractivity contribution in [2.45, 2.75) is 19.3 Å². The van der Waals surface area contributed by atoms with E-state index in [2.05, 4.69) is 5.32 Å². The van der Waals surface area contributed by atoms with Crippen LogP contribution in [0.15, 0.2) is 24.3 Å². The van der Waals surface area contributed by atoms with Crippen molar-refractivity contribution < 1.29 is 4.79 Å². The van der Waals surface area contributed by atoms with Gasteiger partial charge in [-0.1, -0.05) is 0 Å². The maximum Gasteiger partial charge on any atom is 0.253 e. The largest absolute Gasteiger partial charge is 0.376 e. The van der Waals surface area contributed by atoms with Crippen molar-refractivity contribution in [1.29, 1.82) is 0 Å². The zero-order chi connectivity index (χ0) is 13.0. The normalized spacial score (nSPS) is 15.2. The van der Waals surface area contributed by atoms with Gasteiger partial charge in [0.15, 0.2) is 5.11 Å². The molecule has 2 rings (SSSR count). The van der Waals surface area contributed by atoms with Gasteiger partial charge < -0.3 is 16.0 Å². The van der Waals surface area contributed by atoms with E-state index in [9.17, 15) is 4.79 Å². The Bertz CT molecular complexity index is 438. The number of hydrogen-bond acceptors (Lipinski definition) is 2. The SMILES string of the molecule is NC(=S)Nc1ccc(C(=O)N2CCCCC2)cc1. The highest BCUT2D eigenvalue weighted by atomic mass is 32.1. The van der Waals surface area contributed by atoms with Gasteiger partial charge in [-0.25, -0.2) is 0 Å². The summed E-state index contributed by atoms with van der Waals surface area (Å²) in [5.41, 5.74) is 6.90. The predicted octanol–water partition coefficient (Wildman–Crippen LogP) is 1.97. The molecule has 1 aliphatic heterocycles. The molecule has 1 aliphatic rings. The number of carbonyl (C=O) groups is 1. The second-order valence-corrected chi connectivity index (χ2v) is 4.86. The molecule has 1 heterocycles. The first kappa shape index (κ1) is 12.8. The number of amides is 1. The van der Waals surface area contributed by atoms with Crippen LogP contribution in [-0.2, 0) is 0 Å². The van der Waals surface area contributed by atoms with Gasteiger partial charge in [0.05, 0.1) is 0 Å². The Labute approximate surface area is 112 Å². The number of likely N-dealkylation sites (tertiary alicyclic amines) is 1. The van der Waals surface area contributed by atoms with Crippen LogP contribution in [0.2, 0.25) is 0 Å². The Kier molecular flexibility index (Phi) is 4.15. The van der Waals surface area contributed by atoms with Crippen molar-refractivity contribution in [3.05, 3.63) is 29.8 Å². The maximum atomic E-state index is 12.2. The number of nitrogens with zero attached hydrogens (tertiary/aromatic N) is 1. The second kappa shape index (κ2) is 5.82. The van der Waals surface area contributed by atoms with Crippen molar-refractivity contribution in [2.24, 2.45) is 5.73 Å². The van der Waals surface area contributed by atoms with Crippen LogP contribution in [-0.4, -0.2) is 29.0 Å². The zero-order valence-electron chi connectivity index (χ0n) is 10.2.